The Bertz CT molecular complexity index is 3160. The van der Waals surface area contributed by atoms with E-state index in [1.807, 2.05) is 40.7 Å². The van der Waals surface area contributed by atoms with Crippen LogP contribution in [0.25, 0.3) is 0 Å². The number of rotatable bonds is 14. The number of nitrogens with zero attached hydrogens (tertiary/aromatic N) is 9. The van der Waals surface area contributed by atoms with Crippen LogP contribution >= 0.6 is 11.6 Å². The normalized spacial score (nSPS) is 31.9. The zero-order chi connectivity index (χ0) is 78.6. The molecule has 12 amide bonds. The molecule has 0 aromatic heterocycles. The van der Waals surface area contributed by atoms with Crippen molar-refractivity contribution >= 4 is 82.5 Å². The van der Waals surface area contributed by atoms with Gasteiger partial charge in [-0.25, -0.2) is 0 Å². The van der Waals surface area contributed by atoms with Crippen LogP contribution in [-0.2, 0) is 62.3 Å². The minimum Gasteiger partial charge on any atom is -0.379 e. The van der Waals surface area contributed by atoms with Gasteiger partial charge < -0.3 is 64.8 Å². The highest BCUT2D eigenvalue weighted by atomic mass is 35.5. The molecule has 4 saturated carbocycles. The minimum atomic E-state index is -4.52. The quantitative estimate of drug-likeness (QED) is 0.0921. The number of hydrogen-bond acceptors (Lipinski definition) is 13. The standard InChI is InChI=1S/C77H124ClF3N12O13/c1-16-36-106-44-60-66(97)83-64(48(5)17-2)72(103)87(11)43-63(96)88(12)56-26-20-19-23-35-92(71(56)102)59(39-51-29-27-47(4)28-30-51)70(101)86(10)42-61(94)82-55(34-32-50-31-33-53(54(78)37-50)77(79,80)81)68(99)93-41-49(18-3)38-57(93)67(98)84-76(45-75(6,7)46-76)74(105)91(15)65(52-24-21-22-25-52)73(104)90(14)58(69(100)85(8)9)40-62(95)89(60)13/h19-20,47-60,64-65H,16-18,21-46H2,1-15H3,(H,82,94)(H,83,97)(H,84,98)/b20-19-/t47?,48-,49+,50?,51?,53?,54?,55-,56-,57-,58-,59-,60-,64-,65-/m0/s1. The van der Waals surface area contributed by atoms with Crippen LogP contribution in [0.3, 0.4) is 0 Å². The molecule has 106 heavy (non-hydrogen) atoms. The van der Waals surface area contributed by atoms with Gasteiger partial charge in [-0.1, -0.05) is 112 Å². The number of fused-ring (bicyclic) bond motifs is 3. The number of amides is 12. The highest BCUT2D eigenvalue weighted by molar-refractivity contribution is 6.21. The van der Waals surface area contributed by atoms with Crippen molar-refractivity contribution in [3.8, 4) is 0 Å². The lowest BCUT2D eigenvalue weighted by atomic mass is 9.58. The summed E-state index contributed by atoms with van der Waals surface area (Å²) < 4.78 is 48.4. The summed E-state index contributed by atoms with van der Waals surface area (Å²) >= 11 is 6.47. The summed E-state index contributed by atoms with van der Waals surface area (Å²) in [5.41, 5.74) is -2.13. The van der Waals surface area contributed by atoms with E-state index < -0.39 is 179 Å². The van der Waals surface area contributed by atoms with Gasteiger partial charge in [-0.05, 0) is 131 Å². The minimum absolute atomic E-state index is 0.00218. The molecule has 0 aromatic rings. The highest BCUT2D eigenvalue weighted by Gasteiger charge is 2.59. The first-order valence-electron chi connectivity index (χ1n) is 39.0. The summed E-state index contributed by atoms with van der Waals surface area (Å²) in [4.78, 5) is 194. The number of hydrogen-bond donors (Lipinski definition) is 3. The van der Waals surface area contributed by atoms with Gasteiger partial charge in [0, 0.05) is 81.5 Å². The van der Waals surface area contributed by atoms with E-state index in [0.717, 1.165) is 48.3 Å². The fraction of sp³-hybridized carbons (Fsp3) is 0.818. The molecule has 2 bridgehead atoms. The van der Waals surface area contributed by atoms with E-state index in [2.05, 4.69) is 22.9 Å². The first kappa shape index (κ1) is 86.7. The van der Waals surface area contributed by atoms with Crippen molar-refractivity contribution in [2.24, 2.45) is 46.8 Å². The Morgan fingerprint density at radius 3 is 1.92 bits per heavy atom. The molecule has 0 aromatic carbocycles. The van der Waals surface area contributed by atoms with Gasteiger partial charge in [-0.3, -0.25) is 57.5 Å². The lowest BCUT2D eigenvalue weighted by Crippen LogP contribution is -2.71. The Hall–Kier alpha value is -6.58. The number of halogens is 4. The summed E-state index contributed by atoms with van der Waals surface area (Å²) in [5, 5.41) is 7.65. The van der Waals surface area contributed by atoms with Crippen LogP contribution in [0, 0.1) is 46.8 Å². The third kappa shape index (κ3) is 21.3. The van der Waals surface area contributed by atoms with Crippen molar-refractivity contribution in [2.75, 3.05) is 95.8 Å². The Morgan fingerprint density at radius 2 is 1.33 bits per heavy atom. The van der Waals surface area contributed by atoms with Crippen LogP contribution in [0.1, 0.15) is 196 Å². The molecule has 3 aliphatic heterocycles. The summed E-state index contributed by atoms with van der Waals surface area (Å²) in [6, 6.07) is -10.2. The van der Waals surface area contributed by atoms with Gasteiger partial charge in [-0.15, -0.1) is 11.6 Å². The van der Waals surface area contributed by atoms with E-state index in [0.29, 0.717) is 44.4 Å². The summed E-state index contributed by atoms with van der Waals surface area (Å²) in [5.74, 6) is -10.8. The molecule has 3 unspecified atom stereocenters. The lowest BCUT2D eigenvalue weighted by molar-refractivity contribution is -0.182. The molecule has 1 spiro atoms. The van der Waals surface area contributed by atoms with Gasteiger partial charge in [0.1, 0.15) is 53.9 Å². The van der Waals surface area contributed by atoms with Gasteiger partial charge in [0.2, 0.25) is 70.9 Å². The summed E-state index contributed by atoms with van der Waals surface area (Å²) in [7, 11) is 11.5. The molecule has 0 radical (unpaired) electrons. The average molecular weight is 1520 g/mol. The van der Waals surface area contributed by atoms with E-state index in [1.54, 1.807) is 13.0 Å². The summed E-state index contributed by atoms with van der Waals surface area (Å²) in [6.45, 7) is 12.2. The molecule has 3 N–H and O–H groups in total. The molecule has 7 aliphatic rings. The van der Waals surface area contributed by atoms with Gasteiger partial charge >= 0.3 is 6.18 Å². The Balaban J connectivity index is 1.32. The third-order valence-electron chi connectivity index (χ3n) is 24.3. The maximum absolute atomic E-state index is 15.8. The predicted molar refractivity (Wildman–Crippen MR) is 394 cm³/mol. The largest absolute Gasteiger partial charge is 0.393 e. The van der Waals surface area contributed by atoms with E-state index in [9.17, 15) is 41.9 Å². The zero-order valence-corrected chi connectivity index (χ0v) is 66.5. The van der Waals surface area contributed by atoms with Crippen molar-refractivity contribution < 1.29 is 75.4 Å². The van der Waals surface area contributed by atoms with Gasteiger partial charge in [0.15, 0.2) is 0 Å². The topological polar surface area (TPSA) is 279 Å². The van der Waals surface area contributed by atoms with Crippen LogP contribution in [-0.4, -0.2) is 276 Å². The molecule has 13 atom stereocenters. The lowest BCUT2D eigenvalue weighted by Gasteiger charge is -2.54. The van der Waals surface area contributed by atoms with Crippen LogP contribution < -0.4 is 16.0 Å². The number of carbonyl (C=O) groups is 12. The second-order valence-corrected chi connectivity index (χ2v) is 33.8. The van der Waals surface area contributed by atoms with Crippen molar-refractivity contribution in [1.29, 1.82) is 0 Å². The first-order valence-corrected chi connectivity index (χ1v) is 39.5. The maximum Gasteiger partial charge on any atom is 0.393 e. The fourth-order valence-corrected chi connectivity index (χ4v) is 18.1. The maximum atomic E-state index is 15.8. The number of nitrogens with one attached hydrogen (secondary N) is 3. The number of ether oxygens (including phenoxy) is 1. The predicted octanol–water partition coefficient (Wildman–Crippen LogP) is 6.77. The van der Waals surface area contributed by atoms with Gasteiger partial charge in [-0.2, -0.15) is 13.2 Å². The van der Waals surface area contributed by atoms with E-state index in [-0.39, 0.29) is 108 Å². The second-order valence-electron chi connectivity index (χ2n) is 33.2. The molecule has 6 fully saturated rings. The zero-order valence-electron chi connectivity index (χ0n) is 65.7. The van der Waals surface area contributed by atoms with Crippen molar-refractivity contribution in [3.63, 3.8) is 0 Å². The molecule has 3 heterocycles. The molecule has 7 rings (SSSR count). The Morgan fingerprint density at radius 1 is 0.689 bits per heavy atom. The van der Waals surface area contributed by atoms with Crippen LogP contribution in [0.5, 0.6) is 0 Å². The molecule has 598 valence electrons. The fourth-order valence-electron chi connectivity index (χ4n) is 17.6. The van der Waals surface area contributed by atoms with Crippen LogP contribution in [0.15, 0.2) is 12.2 Å². The smallest absolute Gasteiger partial charge is 0.379 e. The van der Waals surface area contributed by atoms with Gasteiger partial charge in [0.25, 0.3) is 0 Å². The molecule has 25 nitrogen and oxygen atoms in total. The SMILES string of the molecule is CCCOC[C@H]1C(=O)N[C@@H]([C@@H](C)CC)C(=O)N(C)CC(=O)N(C)[C@H]2C/C=C\CCN(C2=O)[C@@H](CC2CCC(C)CC2)C(=O)N(C)CC(=O)N[C@@H](CCC2CCC(C(F)(F)F)C(Cl)C2)C(=O)N2C[C@H](CC)C[C@H]2C(=O)NC2(CC(C)(C)C2)C(=O)N(C)[C@@H](C2CCCC2)C(=O)N(C)[C@H](C(=O)N(C)C)CC(=O)N1C. The highest BCUT2D eigenvalue weighted by Crippen LogP contribution is 2.50. The first-order chi connectivity index (χ1) is 49.8. The second kappa shape index (κ2) is 37.7. The van der Waals surface area contributed by atoms with Crippen LogP contribution in [0.4, 0.5) is 13.2 Å². The molecular formula is C77H124ClF3N12O13. The Labute approximate surface area is 631 Å². The van der Waals surface area contributed by atoms with E-state index in [1.165, 1.54) is 90.7 Å². The Kier molecular flexibility index (Phi) is 30.8. The number of carbonyl (C=O) groups excluding carboxylic acids is 12. The van der Waals surface area contributed by atoms with Crippen molar-refractivity contribution in [2.45, 2.75) is 262 Å². The van der Waals surface area contributed by atoms with Crippen molar-refractivity contribution in [1.82, 2.24) is 60.0 Å². The molecule has 4 aliphatic carbocycles. The van der Waals surface area contributed by atoms with Crippen molar-refractivity contribution in [3.05, 3.63) is 12.2 Å². The number of likely N-dealkylation sites (N-methyl/N-ethyl adjacent to an activating group) is 7. The van der Waals surface area contributed by atoms with Gasteiger partial charge in [0.05, 0.1) is 32.0 Å². The monoisotopic (exact) mass is 1520 g/mol. The van der Waals surface area contributed by atoms with E-state index >= 15 is 28.8 Å². The molecule has 29 heteroatoms. The molecule has 2 saturated heterocycles. The molecular weight excluding hydrogens is 1390 g/mol. The average Bonchev–Trinajstić information content (AvgIpc) is 0.912. The van der Waals surface area contributed by atoms with Crippen LogP contribution in [0.2, 0.25) is 0 Å². The number of alkyl halides is 4. The third-order valence-corrected chi connectivity index (χ3v) is 24.8. The summed E-state index contributed by atoms with van der Waals surface area (Å²) in [6.07, 6.45) is 6.80. The van der Waals surface area contributed by atoms with E-state index in [4.69, 9.17) is 16.3 Å².